The van der Waals surface area contributed by atoms with Crippen LogP contribution < -0.4 is 0 Å². The second kappa shape index (κ2) is 3.93. The summed E-state index contributed by atoms with van der Waals surface area (Å²) in [6.07, 6.45) is 2.22. The Hall–Kier alpha value is -1.51. The van der Waals surface area contributed by atoms with E-state index in [2.05, 4.69) is 0 Å². The lowest BCUT2D eigenvalue weighted by Gasteiger charge is -2.20. The second-order valence-corrected chi connectivity index (χ2v) is 4.05. The number of hydrogen-bond donors (Lipinski definition) is 1. The van der Waals surface area contributed by atoms with Gasteiger partial charge in [-0.15, -0.1) is 0 Å². The normalized spacial score (nSPS) is 15.0. The number of benzene rings is 1. The van der Waals surface area contributed by atoms with Gasteiger partial charge in [-0.3, -0.25) is 4.79 Å². The minimum absolute atomic E-state index is 0.112. The van der Waals surface area contributed by atoms with Crippen molar-refractivity contribution in [2.24, 2.45) is 0 Å². The summed E-state index contributed by atoms with van der Waals surface area (Å²) in [5.74, 6) is 0.368. The van der Waals surface area contributed by atoms with Crippen molar-refractivity contribution in [3.05, 3.63) is 29.8 Å². The summed E-state index contributed by atoms with van der Waals surface area (Å²) < 4.78 is 0. The van der Waals surface area contributed by atoms with E-state index in [1.165, 1.54) is 0 Å². The number of rotatable bonds is 3. The van der Waals surface area contributed by atoms with Crippen molar-refractivity contribution in [3.63, 3.8) is 0 Å². The summed E-state index contributed by atoms with van der Waals surface area (Å²) in [4.78, 5) is 13.2. The Balaban J connectivity index is 2.08. The highest BCUT2D eigenvalue weighted by Crippen LogP contribution is 2.28. The second-order valence-electron chi connectivity index (χ2n) is 4.05. The maximum Gasteiger partial charge on any atom is 0.219 e. The maximum atomic E-state index is 11.4. The molecule has 1 aliphatic rings. The average Bonchev–Trinajstić information content (AvgIpc) is 2.97. The highest BCUT2D eigenvalue weighted by Gasteiger charge is 2.30. The Bertz CT molecular complexity index is 372. The number of phenolic OH excluding ortho intramolecular Hbond substituents is 1. The van der Waals surface area contributed by atoms with Crippen LogP contribution in [-0.4, -0.2) is 22.0 Å². The van der Waals surface area contributed by atoms with Gasteiger partial charge < -0.3 is 10.0 Å². The number of phenols is 1. The molecule has 0 unspecified atom stereocenters. The topological polar surface area (TPSA) is 40.5 Å². The Labute approximate surface area is 89.3 Å². The molecule has 0 aliphatic heterocycles. The van der Waals surface area contributed by atoms with Gasteiger partial charge in [0.1, 0.15) is 5.75 Å². The zero-order valence-corrected chi connectivity index (χ0v) is 8.81. The van der Waals surface area contributed by atoms with E-state index in [9.17, 15) is 9.90 Å². The van der Waals surface area contributed by atoms with Crippen molar-refractivity contribution in [2.45, 2.75) is 32.4 Å². The first-order valence-corrected chi connectivity index (χ1v) is 5.22. The van der Waals surface area contributed by atoms with Gasteiger partial charge in [-0.05, 0) is 30.5 Å². The van der Waals surface area contributed by atoms with Crippen LogP contribution in [-0.2, 0) is 11.3 Å². The number of carbonyl (C=O) groups excluding carboxylic acids is 1. The molecule has 1 N–H and O–H groups in total. The van der Waals surface area contributed by atoms with E-state index >= 15 is 0 Å². The molecule has 0 saturated heterocycles. The maximum absolute atomic E-state index is 11.4. The molecule has 1 amide bonds. The molecule has 0 spiro atoms. The Morgan fingerprint density at radius 2 is 2.27 bits per heavy atom. The molecule has 15 heavy (non-hydrogen) atoms. The van der Waals surface area contributed by atoms with E-state index in [0.717, 1.165) is 18.4 Å². The van der Waals surface area contributed by atoms with Crippen molar-refractivity contribution >= 4 is 5.91 Å². The Morgan fingerprint density at radius 3 is 2.80 bits per heavy atom. The van der Waals surface area contributed by atoms with E-state index in [1.807, 2.05) is 11.0 Å². The largest absolute Gasteiger partial charge is 0.508 e. The van der Waals surface area contributed by atoms with Crippen LogP contribution in [0.3, 0.4) is 0 Å². The predicted molar refractivity (Wildman–Crippen MR) is 57.4 cm³/mol. The predicted octanol–water partition coefficient (Wildman–Crippen LogP) is 1.90. The van der Waals surface area contributed by atoms with Crippen LogP contribution in [0.15, 0.2) is 24.3 Å². The van der Waals surface area contributed by atoms with Crippen LogP contribution in [0.2, 0.25) is 0 Å². The van der Waals surface area contributed by atoms with Crippen molar-refractivity contribution in [1.29, 1.82) is 0 Å². The fourth-order valence-electron chi connectivity index (χ4n) is 1.74. The van der Waals surface area contributed by atoms with Crippen molar-refractivity contribution in [1.82, 2.24) is 4.90 Å². The molecule has 80 valence electrons. The number of hydrogen-bond acceptors (Lipinski definition) is 2. The molecule has 0 aromatic heterocycles. The molecule has 3 heteroatoms. The van der Waals surface area contributed by atoms with Gasteiger partial charge in [-0.2, -0.15) is 0 Å². The summed E-state index contributed by atoms with van der Waals surface area (Å²) in [6, 6.07) is 7.50. The molecule has 0 atom stereocenters. The first-order chi connectivity index (χ1) is 7.16. The quantitative estimate of drug-likeness (QED) is 0.818. The number of nitrogens with zero attached hydrogens (tertiary/aromatic N) is 1. The third-order valence-corrected chi connectivity index (χ3v) is 2.66. The number of amides is 1. The minimum atomic E-state index is 0.112. The first-order valence-electron chi connectivity index (χ1n) is 5.22. The van der Waals surface area contributed by atoms with Gasteiger partial charge in [0.05, 0.1) is 0 Å². The van der Waals surface area contributed by atoms with E-state index in [-0.39, 0.29) is 11.7 Å². The third kappa shape index (κ3) is 2.49. The SMILES string of the molecule is CC(=O)N(Cc1cccc(O)c1)C1CC1. The summed E-state index contributed by atoms with van der Waals surface area (Å²) in [6.45, 7) is 2.20. The lowest BCUT2D eigenvalue weighted by Crippen LogP contribution is -2.30. The summed E-state index contributed by atoms with van der Waals surface area (Å²) in [7, 11) is 0. The first kappa shape index (κ1) is 10.0. The van der Waals surface area contributed by atoms with Gasteiger partial charge in [0.25, 0.3) is 0 Å². The summed E-state index contributed by atoms with van der Waals surface area (Å²) in [5.41, 5.74) is 0.983. The molecule has 0 heterocycles. The standard InChI is InChI=1S/C12H15NO2/c1-9(14)13(11-5-6-11)8-10-3-2-4-12(15)7-10/h2-4,7,11,15H,5-6,8H2,1H3. The summed E-state index contributed by atoms with van der Waals surface area (Å²) in [5, 5.41) is 9.32. The molecule has 3 nitrogen and oxygen atoms in total. The Morgan fingerprint density at radius 1 is 1.53 bits per heavy atom. The molecule has 1 aromatic rings. The number of aromatic hydroxyl groups is 1. The molecule has 1 aromatic carbocycles. The minimum Gasteiger partial charge on any atom is -0.508 e. The van der Waals surface area contributed by atoms with Crippen LogP contribution in [0.25, 0.3) is 0 Å². The van der Waals surface area contributed by atoms with Crippen molar-refractivity contribution < 1.29 is 9.90 Å². The van der Waals surface area contributed by atoms with Crippen LogP contribution in [0.4, 0.5) is 0 Å². The van der Waals surface area contributed by atoms with Gasteiger partial charge in [0, 0.05) is 19.5 Å². The van der Waals surface area contributed by atoms with Gasteiger partial charge >= 0.3 is 0 Å². The zero-order valence-electron chi connectivity index (χ0n) is 8.81. The van der Waals surface area contributed by atoms with E-state index < -0.39 is 0 Å². The Kier molecular flexibility index (Phi) is 2.62. The van der Waals surface area contributed by atoms with Crippen LogP contribution in [0, 0.1) is 0 Å². The molecule has 0 bridgehead atoms. The van der Waals surface area contributed by atoms with E-state index in [1.54, 1.807) is 25.1 Å². The van der Waals surface area contributed by atoms with Crippen molar-refractivity contribution in [3.8, 4) is 5.75 Å². The van der Waals surface area contributed by atoms with Crippen molar-refractivity contribution in [2.75, 3.05) is 0 Å². The zero-order chi connectivity index (χ0) is 10.8. The van der Waals surface area contributed by atoms with Crippen LogP contribution >= 0.6 is 0 Å². The molecular weight excluding hydrogens is 190 g/mol. The molecule has 1 saturated carbocycles. The molecule has 1 fully saturated rings. The number of carbonyl (C=O) groups is 1. The highest BCUT2D eigenvalue weighted by molar-refractivity contribution is 5.74. The molecular formula is C12H15NO2. The van der Waals surface area contributed by atoms with Gasteiger partial charge in [-0.25, -0.2) is 0 Å². The van der Waals surface area contributed by atoms with Gasteiger partial charge in [0.2, 0.25) is 5.91 Å². The lowest BCUT2D eigenvalue weighted by atomic mass is 10.2. The van der Waals surface area contributed by atoms with Crippen LogP contribution in [0.1, 0.15) is 25.3 Å². The fraction of sp³-hybridized carbons (Fsp3) is 0.417. The van der Waals surface area contributed by atoms with Gasteiger partial charge in [0.15, 0.2) is 0 Å². The molecule has 2 rings (SSSR count). The smallest absolute Gasteiger partial charge is 0.219 e. The molecule has 1 aliphatic carbocycles. The van der Waals surface area contributed by atoms with E-state index in [0.29, 0.717) is 12.6 Å². The average molecular weight is 205 g/mol. The third-order valence-electron chi connectivity index (χ3n) is 2.66. The summed E-state index contributed by atoms with van der Waals surface area (Å²) >= 11 is 0. The lowest BCUT2D eigenvalue weighted by molar-refractivity contribution is -0.130. The molecule has 0 radical (unpaired) electrons. The van der Waals surface area contributed by atoms with Crippen LogP contribution in [0.5, 0.6) is 5.75 Å². The van der Waals surface area contributed by atoms with E-state index in [4.69, 9.17) is 0 Å². The van der Waals surface area contributed by atoms with Gasteiger partial charge in [-0.1, -0.05) is 12.1 Å². The monoisotopic (exact) mass is 205 g/mol. The fourth-order valence-corrected chi connectivity index (χ4v) is 1.74. The highest BCUT2D eigenvalue weighted by atomic mass is 16.3.